The summed E-state index contributed by atoms with van der Waals surface area (Å²) in [5, 5.41) is 28.1. The molecule has 1 amide bonds. The highest BCUT2D eigenvalue weighted by Gasteiger charge is 2.27. The zero-order chi connectivity index (χ0) is 53.7. The number of para-hydroxylation sites is 1. The van der Waals surface area contributed by atoms with Gasteiger partial charge in [0, 0.05) is 28.6 Å². The largest absolute Gasteiger partial charge is 0.505 e. The molecule has 0 aliphatic rings. The van der Waals surface area contributed by atoms with E-state index in [1.165, 1.54) is 42.5 Å². The number of nitrogens with zero attached hydrogens (tertiary/aromatic N) is 5. The lowest BCUT2D eigenvalue weighted by atomic mass is 10.1. The maximum atomic E-state index is 13.9. The Labute approximate surface area is 409 Å². The Kier molecular flexibility index (Phi) is 17.4. The van der Waals surface area contributed by atoms with Crippen LogP contribution in [0, 0.1) is 0 Å². The van der Waals surface area contributed by atoms with Gasteiger partial charge >= 0.3 is 20.8 Å². The molecule has 0 heterocycles. The summed E-state index contributed by atoms with van der Waals surface area (Å²) in [6.45, 7) is -2.53. The third-order valence-electron chi connectivity index (χ3n) is 9.26. The molecule has 0 aliphatic carbocycles. The number of carbonyl (C=O) groups is 1. The second kappa shape index (κ2) is 22.0. The summed E-state index contributed by atoms with van der Waals surface area (Å²) in [5.74, 6) is -5.84. The Bertz CT molecular complexity index is 3800. The van der Waals surface area contributed by atoms with E-state index in [4.69, 9.17) is 9.11 Å². The van der Waals surface area contributed by atoms with Crippen LogP contribution < -0.4 is 10.2 Å². The molecule has 0 radical (unpaired) electrons. The van der Waals surface area contributed by atoms with Gasteiger partial charge in [0.1, 0.15) is 32.7 Å². The standard InChI is InChI=1S/C36H36N6O23S7/c43-35-27-10-12-30(37-22-68(49,50)51)33(40-39-29-11-9-26(20-31(29)69(52,53)54)67(47,48)18-15-65-72(61,62)63)28(27)21-32(70(55,56)57)34(35)41-38-24-6-4-5-23(19-24)36(44)42(25-7-2-1-3-8-25)13-16-66(45,46)17-14-64-71(58,59)60/h1-12,19-21,37,43H,13-18,22H2,(H,49,50,51)(H,52,53,54)(H,55,56,57)(H,58,59,60)(H,61,62,63)/b40-39+,41-38+. The van der Waals surface area contributed by atoms with E-state index in [2.05, 4.69) is 34.1 Å². The second-order valence-corrected chi connectivity index (χ2v) is 25.2. The Hall–Kier alpha value is -6.00. The number of hydrogen-bond acceptors (Lipinski definition) is 23. The summed E-state index contributed by atoms with van der Waals surface area (Å²) in [4.78, 5) is 11.7. The molecule has 0 bridgehead atoms. The van der Waals surface area contributed by atoms with Crippen molar-refractivity contribution in [1.29, 1.82) is 0 Å². The van der Waals surface area contributed by atoms with Crippen LogP contribution in [0.2, 0.25) is 0 Å². The first-order chi connectivity index (χ1) is 33.1. The number of phenolic OH excluding ortho intramolecular Hbond substituents is 1. The number of amides is 1. The van der Waals surface area contributed by atoms with Crippen molar-refractivity contribution in [3.63, 3.8) is 0 Å². The van der Waals surface area contributed by atoms with Crippen molar-refractivity contribution in [2.45, 2.75) is 14.7 Å². The number of aromatic hydroxyl groups is 1. The van der Waals surface area contributed by atoms with Crippen molar-refractivity contribution in [1.82, 2.24) is 0 Å². The monoisotopic (exact) mass is 1140 g/mol. The summed E-state index contributed by atoms with van der Waals surface area (Å²) in [5.41, 5.74) is -3.06. The molecule has 0 saturated heterocycles. The number of azo groups is 2. The summed E-state index contributed by atoms with van der Waals surface area (Å²) >= 11 is 0. The lowest BCUT2D eigenvalue weighted by Crippen LogP contribution is -2.36. The Morgan fingerprint density at radius 1 is 0.583 bits per heavy atom. The van der Waals surface area contributed by atoms with Crippen LogP contribution in [0.25, 0.3) is 10.8 Å². The highest BCUT2D eigenvalue weighted by molar-refractivity contribution is 7.92. The molecule has 390 valence electrons. The van der Waals surface area contributed by atoms with Crippen molar-refractivity contribution in [3.8, 4) is 5.75 Å². The van der Waals surface area contributed by atoms with Crippen LogP contribution in [0.15, 0.2) is 126 Å². The van der Waals surface area contributed by atoms with Crippen LogP contribution in [0.3, 0.4) is 0 Å². The summed E-state index contributed by atoms with van der Waals surface area (Å²) in [7, 11) is -34.4. The molecule has 5 rings (SSSR count). The van der Waals surface area contributed by atoms with Crippen LogP contribution in [0.4, 0.5) is 34.1 Å². The number of benzene rings is 5. The third-order valence-corrected chi connectivity index (χ3v) is 15.7. The first kappa shape index (κ1) is 56.9. The first-order valence-corrected chi connectivity index (χ1v) is 29.9. The van der Waals surface area contributed by atoms with E-state index < -0.39 is 174 Å². The molecular weight excluding hydrogens is 1110 g/mol. The number of carbonyl (C=O) groups excluding carboxylic acids is 1. The van der Waals surface area contributed by atoms with E-state index in [0.29, 0.717) is 18.2 Å². The van der Waals surface area contributed by atoms with E-state index >= 15 is 0 Å². The molecule has 36 heteroatoms. The van der Waals surface area contributed by atoms with Crippen LogP contribution in [0.5, 0.6) is 5.75 Å². The minimum Gasteiger partial charge on any atom is -0.505 e. The fraction of sp³-hybridized carbons (Fsp3) is 0.194. The maximum absolute atomic E-state index is 13.9. The van der Waals surface area contributed by atoms with Crippen molar-refractivity contribution in [2.24, 2.45) is 20.5 Å². The number of phenols is 1. The van der Waals surface area contributed by atoms with Crippen LogP contribution >= 0.6 is 0 Å². The van der Waals surface area contributed by atoms with Gasteiger partial charge in [-0.2, -0.15) is 47.2 Å². The van der Waals surface area contributed by atoms with Crippen LogP contribution in [-0.4, -0.2) is 136 Å². The molecule has 0 fully saturated rings. The van der Waals surface area contributed by atoms with Gasteiger partial charge in [-0.1, -0.05) is 24.3 Å². The average molecular weight is 1150 g/mol. The molecular formula is C36H36N6O23S7. The number of sulfone groups is 2. The molecule has 0 spiro atoms. The van der Waals surface area contributed by atoms with Gasteiger partial charge in [0.25, 0.3) is 36.3 Å². The first-order valence-electron chi connectivity index (χ1n) is 19.2. The Balaban J connectivity index is 1.58. The summed E-state index contributed by atoms with van der Waals surface area (Å²) in [6.07, 6.45) is 0. The van der Waals surface area contributed by atoms with E-state index in [0.717, 1.165) is 29.2 Å². The number of fused-ring (bicyclic) bond motifs is 1. The predicted molar refractivity (Wildman–Crippen MR) is 250 cm³/mol. The molecule has 0 unspecified atom stereocenters. The zero-order valence-corrected chi connectivity index (χ0v) is 41.5. The van der Waals surface area contributed by atoms with E-state index in [1.807, 2.05) is 0 Å². The Morgan fingerprint density at radius 2 is 1.19 bits per heavy atom. The third kappa shape index (κ3) is 16.0. The predicted octanol–water partition coefficient (Wildman–Crippen LogP) is 3.60. The summed E-state index contributed by atoms with van der Waals surface area (Å²) in [6, 6.07) is 17.0. The SMILES string of the molecule is O=C(c1cccc(/N=N/c2c(S(=O)(=O)O)cc3c(/N=N/c4ccc(S(=O)(=O)CCOS(=O)(=O)O)cc4S(=O)(=O)O)c(NCS(=O)(=O)O)ccc3c2O)c1)N(CCS(=O)(=O)CCOS(=O)(=O)O)c1ccccc1. The number of nitrogens with one attached hydrogen (secondary N) is 1. The van der Waals surface area contributed by atoms with Gasteiger partial charge in [-0.25, -0.2) is 25.2 Å². The van der Waals surface area contributed by atoms with E-state index in [9.17, 15) is 82.5 Å². The van der Waals surface area contributed by atoms with E-state index in [1.54, 1.807) is 6.07 Å². The normalized spacial score (nSPS) is 13.2. The lowest BCUT2D eigenvalue weighted by molar-refractivity contribution is 0.0988. The molecule has 72 heavy (non-hydrogen) atoms. The zero-order valence-electron chi connectivity index (χ0n) is 35.8. The highest BCUT2D eigenvalue weighted by atomic mass is 32.3. The fourth-order valence-corrected chi connectivity index (χ4v) is 10.7. The van der Waals surface area contributed by atoms with Crippen LogP contribution in [0.1, 0.15) is 10.4 Å². The lowest BCUT2D eigenvalue weighted by Gasteiger charge is -2.23. The molecule has 0 aromatic heterocycles. The molecule has 0 atom stereocenters. The second-order valence-electron chi connectivity index (χ2n) is 14.3. The van der Waals surface area contributed by atoms with Crippen molar-refractivity contribution >= 4 is 122 Å². The van der Waals surface area contributed by atoms with Gasteiger partial charge < -0.3 is 15.3 Å². The highest BCUT2D eigenvalue weighted by Crippen LogP contribution is 2.47. The molecule has 5 aromatic rings. The van der Waals surface area contributed by atoms with Gasteiger partial charge in [-0.3, -0.25) is 27.6 Å². The van der Waals surface area contributed by atoms with Crippen molar-refractivity contribution in [2.75, 3.05) is 53.1 Å². The van der Waals surface area contributed by atoms with Crippen molar-refractivity contribution < 1.29 is 100.0 Å². The number of hydrogen-bond donors (Lipinski definition) is 7. The maximum Gasteiger partial charge on any atom is 0.397 e. The van der Waals surface area contributed by atoms with Gasteiger partial charge in [-0.05, 0) is 66.7 Å². The Morgan fingerprint density at radius 3 is 1.79 bits per heavy atom. The average Bonchev–Trinajstić information content (AvgIpc) is 3.25. The minimum absolute atomic E-state index is 0.154. The summed E-state index contributed by atoms with van der Waals surface area (Å²) < 4.78 is 224. The van der Waals surface area contributed by atoms with Gasteiger partial charge in [-0.15, -0.1) is 15.3 Å². The fourth-order valence-electron chi connectivity index (χ4n) is 6.08. The van der Waals surface area contributed by atoms with Crippen molar-refractivity contribution in [3.05, 3.63) is 96.6 Å². The molecule has 7 N–H and O–H groups in total. The van der Waals surface area contributed by atoms with Gasteiger partial charge in [0.2, 0.25) is 0 Å². The smallest absolute Gasteiger partial charge is 0.397 e. The molecule has 5 aromatic carbocycles. The number of rotatable bonds is 23. The minimum atomic E-state index is -5.47. The molecule has 29 nitrogen and oxygen atoms in total. The molecule has 0 aliphatic heterocycles. The van der Waals surface area contributed by atoms with Gasteiger partial charge in [0.15, 0.2) is 25.4 Å². The van der Waals surface area contributed by atoms with E-state index in [-0.39, 0.29) is 16.9 Å². The quantitative estimate of drug-likeness (QED) is 0.0363. The number of anilines is 2. The van der Waals surface area contributed by atoms with Gasteiger partial charge in [0.05, 0.1) is 46.7 Å². The van der Waals surface area contributed by atoms with Crippen LogP contribution in [-0.2, 0) is 79.2 Å². The topological polar surface area (TPSA) is 461 Å². The molecule has 0 saturated carbocycles.